The lowest BCUT2D eigenvalue weighted by molar-refractivity contribution is -0.146. The first-order valence-corrected chi connectivity index (χ1v) is 6.63. The normalized spacial score (nSPS) is 23.6. The van der Waals surface area contributed by atoms with Crippen molar-refractivity contribution in [1.82, 2.24) is 10.2 Å². The Kier molecular flexibility index (Phi) is 3.52. The van der Waals surface area contributed by atoms with E-state index >= 15 is 0 Å². The Morgan fingerprint density at radius 3 is 2.58 bits per heavy atom. The van der Waals surface area contributed by atoms with Gasteiger partial charge in [0, 0.05) is 19.5 Å². The Bertz CT molecular complexity index is 415. The first kappa shape index (κ1) is 13.8. The molecule has 1 aliphatic carbocycles. The van der Waals surface area contributed by atoms with Crippen molar-refractivity contribution in [1.29, 1.82) is 0 Å². The fourth-order valence-corrected chi connectivity index (χ4v) is 2.20. The summed E-state index contributed by atoms with van der Waals surface area (Å²) in [6, 6.07) is 0. The summed E-state index contributed by atoms with van der Waals surface area (Å²) in [5, 5.41) is 11.5. The van der Waals surface area contributed by atoms with Crippen LogP contribution >= 0.6 is 0 Å². The van der Waals surface area contributed by atoms with E-state index in [9.17, 15) is 14.4 Å². The van der Waals surface area contributed by atoms with Crippen LogP contribution in [0.25, 0.3) is 0 Å². The molecule has 2 rings (SSSR count). The van der Waals surface area contributed by atoms with Crippen LogP contribution in [0.15, 0.2) is 0 Å². The van der Waals surface area contributed by atoms with Crippen molar-refractivity contribution in [3.63, 3.8) is 0 Å². The van der Waals surface area contributed by atoms with Gasteiger partial charge in [0.1, 0.15) is 5.54 Å². The Labute approximate surface area is 112 Å². The number of carboxylic acids is 1. The highest BCUT2D eigenvalue weighted by Crippen LogP contribution is 2.32. The molecular formula is C13H20N2O4. The van der Waals surface area contributed by atoms with E-state index in [1.807, 2.05) is 0 Å². The summed E-state index contributed by atoms with van der Waals surface area (Å²) in [5.74, 6) is -1.26. The first-order chi connectivity index (χ1) is 8.79. The molecule has 0 aromatic carbocycles. The molecule has 0 aromatic heterocycles. The van der Waals surface area contributed by atoms with Gasteiger partial charge in [0.25, 0.3) is 0 Å². The van der Waals surface area contributed by atoms with E-state index in [2.05, 4.69) is 5.32 Å². The van der Waals surface area contributed by atoms with Crippen LogP contribution in [0.5, 0.6) is 0 Å². The Morgan fingerprint density at radius 1 is 1.42 bits per heavy atom. The van der Waals surface area contributed by atoms with Gasteiger partial charge in [0.05, 0.1) is 5.92 Å². The number of carboxylic acid groups (broad SMARTS) is 1. The number of rotatable bonds is 5. The number of hydrogen-bond acceptors (Lipinski definition) is 3. The zero-order chi connectivity index (χ0) is 14.2. The monoisotopic (exact) mass is 268 g/mol. The number of amides is 2. The fraction of sp³-hybridized carbons (Fsp3) is 0.769. The Hall–Kier alpha value is -1.59. The zero-order valence-corrected chi connectivity index (χ0v) is 11.3. The van der Waals surface area contributed by atoms with E-state index in [0.29, 0.717) is 12.5 Å². The molecule has 1 heterocycles. The molecule has 2 N–H and O–H groups in total. The van der Waals surface area contributed by atoms with E-state index in [0.717, 1.165) is 19.4 Å². The van der Waals surface area contributed by atoms with E-state index in [4.69, 9.17) is 5.11 Å². The number of hydrogen-bond donors (Lipinski definition) is 2. The molecule has 1 atom stereocenters. The van der Waals surface area contributed by atoms with Crippen LogP contribution in [0, 0.1) is 11.8 Å². The summed E-state index contributed by atoms with van der Waals surface area (Å²) in [6.45, 7) is 4.03. The van der Waals surface area contributed by atoms with Gasteiger partial charge in [-0.25, -0.2) is 4.79 Å². The van der Waals surface area contributed by atoms with Crippen molar-refractivity contribution in [3.8, 4) is 0 Å². The van der Waals surface area contributed by atoms with Crippen LogP contribution in [0.2, 0.25) is 0 Å². The molecule has 2 aliphatic rings. The second-order valence-electron chi connectivity index (χ2n) is 6.06. The molecule has 0 spiro atoms. The minimum atomic E-state index is -1.30. The zero-order valence-electron chi connectivity index (χ0n) is 11.3. The third kappa shape index (κ3) is 3.24. The largest absolute Gasteiger partial charge is 0.480 e. The molecule has 19 heavy (non-hydrogen) atoms. The molecule has 2 amide bonds. The maximum Gasteiger partial charge on any atom is 0.328 e. The van der Waals surface area contributed by atoms with E-state index < -0.39 is 17.4 Å². The third-order valence-electron chi connectivity index (χ3n) is 3.73. The summed E-state index contributed by atoms with van der Waals surface area (Å²) in [7, 11) is 0. The summed E-state index contributed by atoms with van der Waals surface area (Å²) in [5.41, 5.74) is -1.30. The molecule has 1 saturated carbocycles. The maximum atomic E-state index is 12.0. The topological polar surface area (TPSA) is 86.7 Å². The van der Waals surface area contributed by atoms with Crippen molar-refractivity contribution in [3.05, 3.63) is 0 Å². The van der Waals surface area contributed by atoms with Gasteiger partial charge in [0.2, 0.25) is 11.8 Å². The van der Waals surface area contributed by atoms with Crippen molar-refractivity contribution in [2.75, 3.05) is 13.1 Å². The molecule has 0 bridgehead atoms. The maximum absolute atomic E-state index is 12.0. The van der Waals surface area contributed by atoms with Gasteiger partial charge in [-0.15, -0.1) is 0 Å². The Balaban J connectivity index is 1.90. The van der Waals surface area contributed by atoms with E-state index in [-0.39, 0.29) is 18.2 Å². The second kappa shape index (κ2) is 4.83. The predicted octanol–water partition coefficient (Wildman–Crippen LogP) is 0.224. The van der Waals surface area contributed by atoms with E-state index in [1.165, 1.54) is 13.8 Å². The van der Waals surface area contributed by atoms with Gasteiger partial charge in [0.15, 0.2) is 0 Å². The van der Waals surface area contributed by atoms with Crippen LogP contribution in [0.1, 0.15) is 33.1 Å². The second-order valence-corrected chi connectivity index (χ2v) is 6.06. The molecule has 6 nitrogen and oxygen atoms in total. The van der Waals surface area contributed by atoms with Crippen LogP contribution in [-0.4, -0.2) is 46.4 Å². The summed E-state index contributed by atoms with van der Waals surface area (Å²) < 4.78 is 0. The lowest BCUT2D eigenvalue weighted by Gasteiger charge is -2.23. The summed E-state index contributed by atoms with van der Waals surface area (Å²) >= 11 is 0. The van der Waals surface area contributed by atoms with Gasteiger partial charge in [-0.1, -0.05) is 0 Å². The number of nitrogens with one attached hydrogen (secondary N) is 1. The standard InChI is InChI=1S/C13H20N2O4/c1-13(2,12(18)19)14-11(17)9-5-10(16)15(7-9)6-8-3-4-8/h8-9H,3-7H2,1-2H3,(H,14,17)(H,18,19). The van der Waals surface area contributed by atoms with Crippen molar-refractivity contribution < 1.29 is 19.5 Å². The van der Waals surface area contributed by atoms with Crippen LogP contribution in [0.3, 0.4) is 0 Å². The van der Waals surface area contributed by atoms with Gasteiger partial charge in [-0.3, -0.25) is 9.59 Å². The number of nitrogens with zero attached hydrogens (tertiary/aromatic N) is 1. The number of carbonyl (C=O) groups is 3. The van der Waals surface area contributed by atoms with Gasteiger partial charge in [-0.2, -0.15) is 0 Å². The average molecular weight is 268 g/mol. The van der Waals surface area contributed by atoms with Crippen molar-refractivity contribution >= 4 is 17.8 Å². The van der Waals surface area contributed by atoms with Crippen molar-refractivity contribution in [2.24, 2.45) is 11.8 Å². The molecule has 1 unspecified atom stereocenters. The smallest absolute Gasteiger partial charge is 0.328 e. The SMILES string of the molecule is CC(C)(NC(=O)C1CC(=O)N(CC2CC2)C1)C(=O)O. The van der Waals surface area contributed by atoms with Gasteiger partial charge < -0.3 is 15.3 Å². The number of likely N-dealkylation sites (tertiary alicyclic amines) is 1. The minimum Gasteiger partial charge on any atom is -0.480 e. The average Bonchev–Trinajstić information content (AvgIpc) is 3.02. The van der Waals surface area contributed by atoms with E-state index in [1.54, 1.807) is 4.90 Å². The predicted molar refractivity (Wildman–Crippen MR) is 67.3 cm³/mol. The minimum absolute atomic E-state index is 0.000168. The third-order valence-corrected chi connectivity index (χ3v) is 3.73. The molecule has 1 aliphatic heterocycles. The summed E-state index contributed by atoms with van der Waals surface area (Å²) in [6.07, 6.45) is 2.51. The lowest BCUT2D eigenvalue weighted by Crippen LogP contribution is -2.51. The highest BCUT2D eigenvalue weighted by Gasteiger charge is 2.39. The molecule has 106 valence electrons. The number of aliphatic carboxylic acids is 1. The molecule has 6 heteroatoms. The van der Waals surface area contributed by atoms with Crippen LogP contribution in [-0.2, 0) is 14.4 Å². The number of carbonyl (C=O) groups excluding carboxylic acids is 2. The summed E-state index contributed by atoms with van der Waals surface area (Å²) in [4.78, 5) is 36.5. The molecule has 0 radical (unpaired) electrons. The Morgan fingerprint density at radius 2 is 2.05 bits per heavy atom. The van der Waals surface area contributed by atoms with Crippen LogP contribution < -0.4 is 5.32 Å². The van der Waals surface area contributed by atoms with Crippen LogP contribution in [0.4, 0.5) is 0 Å². The molecule has 0 aromatic rings. The highest BCUT2D eigenvalue weighted by molar-refractivity contribution is 5.92. The van der Waals surface area contributed by atoms with Crippen molar-refractivity contribution in [2.45, 2.75) is 38.6 Å². The lowest BCUT2D eigenvalue weighted by atomic mass is 10.0. The quantitative estimate of drug-likeness (QED) is 0.747. The van der Waals surface area contributed by atoms with Gasteiger partial charge in [-0.05, 0) is 32.6 Å². The molecular weight excluding hydrogens is 248 g/mol. The molecule has 2 fully saturated rings. The fourth-order valence-electron chi connectivity index (χ4n) is 2.20. The van der Waals surface area contributed by atoms with Gasteiger partial charge >= 0.3 is 5.97 Å². The highest BCUT2D eigenvalue weighted by atomic mass is 16.4. The first-order valence-electron chi connectivity index (χ1n) is 6.63. The molecule has 1 saturated heterocycles.